The van der Waals surface area contributed by atoms with Crippen molar-refractivity contribution >= 4 is 5.65 Å². The number of hydrogen-bond acceptors (Lipinski definition) is 4. The monoisotopic (exact) mass is 121 g/mol. The third kappa shape index (κ3) is 0.543. The molecule has 0 fully saturated rings. The first kappa shape index (κ1) is 4.37. The van der Waals surface area contributed by atoms with Gasteiger partial charge in [0.25, 0.3) is 0 Å². The average Bonchev–Trinajstić information content (AvgIpc) is 2.33. The molecule has 2 rings (SSSR count). The lowest BCUT2D eigenvalue weighted by atomic mass is 10.8. The van der Waals surface area contributed by atoms with Crippen LogP contribution in [-0.4, -0.2) is 24.8 Å². The normalized spacial score (nSPS) is 10.2. The molecule has 5 heteroatoms. The van der Waals surface area contributed by atoms with Crippen LogP contribution in [0.1, 0.15) is 0 Å². The van der Waals surface area contributed by atoms with Gasteiger partial charge in [0.15, 0.2) is 5.65 Å². The van der Waals surface area contributed by atoms with Crippen molar-refractivity contribution in [3.63, 3.8) is 0 Å². The first-order chi connectivity index (χ1) is 4.47. The van der Waals surface area contributed by atoms with Crippen LogP contribution in [0.4, 0.5) is 0 Å². The Morgan fingerprint density at radius 1 is 1.22 bits per heavy atom. The maximum absolute atomic E-state index is 3.85. The zero-order valence-corrected chi connectivity index (χ0v) is 4.47. The third-order valence-corrected chi connectivity index (χ3v) is 0.974. The zero-order chi connectivity index (χ0) is 6.10. The Kier molecular flexibility index (Phi) is 0.717. The van der Waals surface area contributed by atoms with Crippen LogP contribution in [0.5, 0.6) is 0 Å². The maximum Gasteiger partial charge on any atom is 0.194 e. The summed E-state index contributed by atoms with van der Waals surface area (Å²) in [7, 11) is 0. The molecule has 0 aliphatic rings. The van der Waals surface area contributed by atoms with E-state index in [1.54, 1.807) is 6.20 Å². The molecule has 9 heavy (non-hydrogen) atoms. The first-order valence-corrected chi connectivity index (χ1v) is 2.43. The number of nitrogens with zero attached hydrogens (tertiary/aromatic N) is 5. The Balaban J connectivity index is 2.95. The molecule has 44 valence electrons. The Labute approximate surface area is 50.4 Å². The molecule has 0 aromatic carbocycles. The van der Waals surface area contributed by atoms with Crippen molar-refractivity contribution < 1.29 is 0 Å². The van der Waals surface area contributed by atoms with Crippen molar-refractivity contribution in [1.82, 2.24) is 24.8 Å². The van der Waals surface area contributed by atoms with Crippen LogP contribution in [0.2, 0.25) is 0 Å². The van der Waals surface area contributed by atoms with E-state index in [1.807, 2.05) is 0 Å². The molecule has 2 aromatic heterocycles. The van der Waals surface area contributed by atoms with Crippen molar-refractivity contribution in [2.75, 3.05) is 0 Å². The Hall–Kier alpha value is -1.52. The zero-order valence-electron chi connectivity index (χ0n) is 4.47. The fraction of sp³-hybridized carbons (Fsp3) is 0. The van der Waals surface area contributed by atoms with E-state index < -0.39 is 0 Å². The average molecular weight is 121 g/mol. The molecule has 5 nitrogen and oxygen atoms in total. The lowest BCUT2D eigenvalue weighted by Crippen LogP contribution is -1.92. The van der Waals surface area contributed by atoms with Crippen LogP contribution in [0.15, 0.2) is 18.9 Å². The van der Waals surface area contributed by atoms with Gasteiger partial charge in [0.1, 0.15) is 12.7 Å². The summed E-state index contributed by atoms with van der Waals surface area (Å²) >= 11 is 0. The molecular weight excluding hydrogens is 118 g/mol. The van der Waals surface area contributed by atoms with Crippen molar-refractivity contribution in [1.29, 1.82) is 0 Å². The van der Waals surface area contributed by atoms with Crippen molar-refractivity contribution in [3.8, 4) is 0 Å². The van der Waals surface area contributed by atoms with E-state index in [0.717, 1.165) is 0 Å². The lowest BCUT2D eigenvalue weighted by molar-refractivity contribution is 0.780. The number of aromatic nitrogens is 5. The van der Waals surface area contributed by atoms with E-state index in [-0.39, 0.29) is 0 Å². The van der Waals surface area contributed by atoms with Gasteiger partial charge in [0.2, 0.25) is 0 Å². The number of hydrogen-bond donors (Lipinski definition) is 0. The predicted octanol–water partition coefficient (Wildman–Crippen LogP) is -0.481. The first-order valence-electron chi connectivity index (χ1n) is 2.43. The molecule has 0 radical (unpaired) electrons. The summed E-state index contributed by atoms with van der Waals surface area (Å²) in [5, 5.41) is 7.55. The van der Waals surface area contributed by atoms with Gasteiger partial charge in [0.05, 0.1) is 6.20 Å². The van der Waals surface area contributed by atoms with Crippen molar-refractivity contribution in [3.05, 3.63) is 18.9 Å². The van der Waals surface area contributed by atoms with Crippen molar-refractivity contribution in [2.45, 2.75) is 0 Å². The minimum absolute atomic E-state index is 0.664. The predicted molar refractivity (Wildman–Crippen MR) is 28.6 cm³/mol. The Morgan fingerprint density at radius 2 is 2.11 bits per heavy atom. The molecule has 2 aromatic rings. The molecule has 0 aliphatic carbocycles. The minimum atomic E-state index is 0.664. The molecule has 0 spiro atoms. The highest BCUT2D eigenvalue weighted by atomic mass is 15.4. The summed E-state index contributed by atoms with van der Waals surface area (Å²) in [6, 6.07) is 0. The molecule has 0 bridgehead atoms. The topological polar surface area (TPSA) is 56.0 Å². The van der Waals surface area contributed by atoms with E-state index in [1.165, 1.54) is 17.3 Å². The summed E-state index contributed by atoms with van der Waals surface area (Å²) < 4.78 is 1.41. The minimum Gasteiger partial charge on any atom is -0.239 e. The third-order valence-electron chi connectivity index (χ3n) is 0.974. The fourth-order valence-corrected chi connectivity index (χ4v) is 0.597. The molecular formula is C4H3N5. The molecule has 0 atom stereocenters. The van der Waals surface area contributed by atoms with Gasteiger partial charge >= 0.3 is 0 Å². The van der Waals surface area contributed by atoms with Crippen LogP contribution >= 0.6 is 0 Å². The molecule has 0 saturated heterocycles. The van der Waals surface area contributed by atoms with Gasteiger partial charge in [-0.1, -0.05) is 0 Å². The van der Waals surface area contributed by atoms with Crippen LogP contribution < -0.4 is 0 Å². The second-order valence-corrected chi connectivity index (χ2v) is 1.52. The van der Waals surface area contributed by atoms with Gasteiger partial charge in [-0.15, -0.1) is 14.8 Å². The molecule has 2 heterocycles. The van der Waals surface area contributed by atoms with Gasteiger partial charge < -0.3 is 0 Å². The Bertz CT molecular complexity index is 283. The van der Waals surface area contributed by atoms with Crippen LogP contribution in [0.25, 0.3) is 5.65 Å². The smallest absolute Gasteiger partial charge is 0.194 e. The maximum atomic E-state index is 3.85. The number of fused-ring (bicyclic) bond motifs is 1. The van der Waals surface area contributed by atoms with Gasteiger partial charge in [-0.05, 0) is 0 Å². The number of rotatable bonds is 0. The van der Waals surface area contributed by atoms with E-state index >= 15 is 0 Å². The van der Waals surface area contributed by atoms with E-state index in [4.69, 9.17) is 0 Å². The molecule has 0 saturated carbocycles. The highest BCUT2D eigenvalue weighted by Gasteiger charge is 1.89. The second-order valence-electron chi connectivity index (χ2n) is 1.52. The summed E-state index contributed by atoms with van der Waals surface area (Å²) in [6.45, 7) is 0. The van der Waals surface area contributed by atoms with Crippen LogP contribution in [0, 0.1) is 0 Å². The fourth-order valence-electron chi connectivity index (χ4n) is 0.597. The quantitative estimate of drug-likeness (QED) is 0.472. The second kappa shape index (κ2) is 1.48. The van der Waals surface area contributed by atoms with Crippen molar-refractivity contribution in [2.24, 2.45) is 0 Å². The molecule has 0 unspecified atom stereocenters. The standard InChI is InChI=1S/C4H3N5/c1-4-6-3-8-9(4)7-2-5-1/h1-3H. The summed E-state index contributed by atoms with van der Waals surface area (Å²) in [5.74, 6) is 0. The molecule has 0 amide bonds. The largest absolute Gasteiger partial charge is 0.239 e. The van der Waals surface area contributed by atoms with Crippen LogP contribution in [0.3, 0.4) is 0 Å². The van der Waals surface area contributed by atoms with Crippen LogP contribution in [-0.2, 0) is 0 Å². The highest BCUT2D eigenvalue weighted by molar-refractivity contribution is 5.28. The van der Waals surface area contributed by atoms with Gasteiger partial charge in [-0.3, -0.25) is 0 Å². The van der Waals surface area contributed by atoms with E-state index in [9.17, 15) is 0 Å². The SMILES string of the molecule is c1ncc2ncnn2n1. The van der Waals surface area contributed by atoms with Gasteiger partial charge in [-0.2, -0.15) is 0 Å². The summed E-state index contributed by atoms with van der Waals surface area (Å²) in [4.78, 5) is 7.60. The molecule has 0 N–H and O–H groups in total. The van der Waals surface area contributed by atoms with Gasteiger partial charge in [-0.25, -0.2) is 9.97 Å². The highest BCUT2D eigenvalue weighted by Crippen LogP contribution is 1.86. The van der Waals surface area contributed by atoms with E-state index in [0.29, 0.717) is 5.65 Å². The van der Waals surface area contributed by atoms with E-state index in [2.05, 4.69) is 20.2 Å². The summed E-state index contributed by atoms with van der Waals surface area (Å²) in [6.07, 6.45) is 4.45. The molecule has 0 aliphatic heterocycles. The lowest BCUT2D eigenvalue weighted by Gasteiger charge is -1.82. The van der Waals surface area contributed by atoms with Gasteiger partial charge in [0, 0.05) is 0 Å². The summed E-state index contributed by atoms with van der Waals surface area (Å²) in [5.41, 5.74) is 0.664. The Morgan fingerprint density at radius 3 is 3.00 bits per heavy atom.